The Bertz CT molecular complexity index is 531. The number of nitrogens with one attached hydrogen (secondary N) is 2. The van der Waals surface area contributed by atoms with Gasteiger partial charge in [-0.05, 0) is 32.4 Å². The first-order valence-corrected chi connectivity index (χ1v) is 7.50. The van der Waals surface area contributed by atoms with Gasteiger partial charge in [0.2, 0.25) is 5.91 Å². The van der Waals surface area contributed by atoms with Crippen LogP contribution in [0.5, 0.6) is 5.75 Å². The maximum Gasteiger partial charge on any atom is 0.229 e. The molecule has 22 heavy (non-hydrogen) atoms. The molecule has 0 aliphatic carbocycles. The molecule has 1 aromatic carbocycles. The van der Waals surface area contributed by atoms with Crippen molar-refractivity contribution in [1.82, 2.24) is 5.32 Å². The molecule has 2 rings (SSSR count). The zero-order chi connectivity index (χ0) is 16.2. The zero-order valence-corrected chi connectivity index (χ0v) is 13.1. The van der Waals surface area contributed by atoms with Crippen molar-refractivity contribution in [3.63, 3.8) is 0 Å². The van der Waals surface area contributed by atoms with Crippen LogP contribution in [0.15, 0.2) is 18.2 Å². The van der Waals surface area contributed by atoms with E-state index in [1.165, 1.54) is 0 Å². The summed E-state index contributed by atoms with van der Waals surface area (Å²) in [7, 11) is 0. The number of hydrogen-bond donors (Lipinski definition) is 4. The highest BCUT2D eigenvalue weighted by Crippen LogP contribution is 2.31. The van der Waals surface area contributed by atoms with Crippen LogP contribution < -0.4 is 15.4 Å². The number of β-amino-alcohol motifs (C(OH)–C–C–N with tert-alkyl or cyclic N) is 1. The molecule has 0 fully saturated rings. The largest absolute Gasteiger partial charge is 0.490 e. The minimum atomic E-state index is -0.668. The molecule has 1 aromatic rings. The molecule has 1 unspecified atom stereocenters. The number of hydrogen-bond acceptors (Lipinski definition) is 5. The lowest BCUT2D eigenvalue weighted by atomic mass is 10.0. The molecular weight excluding hydrogens is 284 g/mol. The maximum atomic E-state index is 11.4. The highest BCUT2D eigenvalue weighted by atomic mass is 16.5. The van der Waals surface area contributed by atoms with Gasteiger partial charge in [0.05, 0.1) is 6.42 Å². The van der Waals surface area contributed by atoms with Gasteiger partial charge >= 0.3 is 0 Å². The van der Waals surface area contributed by atoms with Crippen LogP contribution >= 0.6 is 0 Å². The second-order valence-corrected chi connectivity index (χ2v) is 6.21. The Balaban J connectivity index is 1.84. The van der Waals surface area contributed by atoms with Gasteiger partial charge in [0.15, 0.2) is 0 Å². The highest BCUT2D eigenvalue weighted by Gasteiger charge is 2.22. The number of ether oxygens (including phenoxy) is 1. The van der Waals surface area contributed by atoms with Gasteiger partial charge < -0.3 is 25.6 Å². The summed E-state index contributed by atoms with van der Waals surface area (Å²) in [4.78, 5) is 11.4. The van der Waals surface area contributed by atoms with Crippen LogP contribution in [0, 0.1) is 0 Å². The van der Waals surface area contributed by atoms with Crippen molar-refractivity contribution in [2.45, 2.75) is 38.3 Å². The molecule has 1 heterocycles. The van der Waals surface area contributed by atoms with Crippen molar-refractivity contribution < 1.29 is 19.7 Å². The lowest BCUT2D eigenvalue weighted by molar-refractivity contribution is -0.115. The lowest BCUT2D eigenvalue weighted by Crippen LogP contribution is -2.45. The average molecular weight is 308 g/mol. The molecule has 122 valence electrons. The van der Waals surface area contributed by atoms with Crippen LogP contribution in [0.3, 0.4) is 0 Å². The summed E-state index contributed by atoms with van der Waals surface area (Å²) in [5.74, 6) is 0.587. The first-order chi connectivity index (χ1) is 10.4. The minimum absolute atomic E-state index is 0.0426. The van der Waals surface area contributed by atoms with E-state index in [9.17, 15) is 9.90 Å². The fourth-order valence-corrected chi connectivity index (χ4v) is 2.36. The van der Waals surface area contributed by atoms with Crippen molar-refractivity contribution in [3.8, 4) is 5.75 Å². The standard InChI is InChI=1S/C16H24N2O4/c1-16(2,6-7-19)17-9-11(20)10-22-14-5-3-4-13-12(14)8-15(21)18-13/h3-5,11,17,19-20H,6-10H2,1-2H3,(H,18,21). The van der Waals surface area contributed by atoms with Crippen LogP contribution in [0.25, 0.3) is 0 Å². The molecule has 6 nitrogen and oxygen atoms in total. The summed E-state index contributed by atoms with van der Waals surface area (Å²) >= 11 is 0. The van der Waals surface area contributed by atoms with E-state index < -0.39 is 6.10 Å². The molecule has 0 saturated heterocycles. The number of amides is 1. The summed E-state index contributed by atoms with van der Waals surface area (Å²) in [6.07, 6.45) is 0.253. The average Bonchev–Trinajstić information content (AvgIpc) is 2.83. The van der Waals surface area contributed by atoms with E-state index in [-0.39, 0.29) is 24.7 Å². The number of anilines is 1. The molecular formula is C16H24N2O4. The van der Waals surface area contributed by atoms with Crippen LogP contribution in [0.1, 0.15) is 25.8 Å². The zero-order valence-electron chi connectivity index (χ0n) is 13.1. The molecule has 0 aromatic heterocycles. The van der Waals surface area contributed by atoms with Crippen LogP contribution in [0.4, 0.5) is 5.69 Å². The Labute approximate surface area is 130 Å². The third kappa shape index (κ3) is 4.43. The van der Waals surface area contributed by atoms with Crippen LogP contribution in [-0.4, -0.2) is 47.5 Å². The Morgan fingerprint density at radius 1 is 1.45 bits per heavy atom. The Kier molecular flexibility index (Phi) is 5.39. The molecule has 1 atom stereocenters. The monoisotopic (exact) mass is 308 g/mol. The number of fused-ring (bicyclic) bond motifs is 1. The van der Waals surface area contributed by atoms with Gasteiger partial charge in [-0.3, -0.25) is 4.79 Å². The normalized spacial score (nSPS) is 15.4. The molecule has 0 radical (unpaired) electrons. The minimum Gasteiger partial charge on any atom is -0.490 e. The van der Waals surface area contributed by atoms with Crippen molar-refractivity contribution in [1.29, 1.82) is 0 Å². The molecule has 1 aliphatic heterocycles. The van der Waals surface area contributed by atoms with Gasteiger partial charge in [-0.15, -0.1) is 0 Å². The molecule has 1 amide bonds. The highest BCUT2D eigenvalue weighted by molar-refractivity contribution is 6.00. The number of aliphatic hydroxyl groups is 2. The van der Waals surface area contributed by atoms with Gasteiger partial charge in [0.1, 0.15) is 18.5 Å². The lowest BCUT2D eigenvalue weighted by Gasteiger charge is -2.27. The summed E-state index contributed by atoms with van der Waals surface area (Å²) in [5, 5.41) is 24.9. The SMILES string of the molecule is CC(C)(CCO)NCC(O)COc1cccc2c1CC(=O)N2. The summed E-state index contributed by atoms with van der Waals surface area (Å²) in [5.41, 5.74) is 1.38. The molecule has 0 spiro atoms. The molecule has 0 saturated carbocycles. The van der Waals surface area contributed by atoms with Gasteiger partial charge in [-0.2, -0.15) is 0 Å². The molecule has 4 N–H and O–H groups in total. The molecule has 0 bridgehead atoms. The number of aliphatic hydroxyl groups excluding tert-OH is 2. The third-order valence-electron chi connectivity index (χ3n) is 3.73. The van der Waals surface area contributed by atoms with Crippen LogP contribution in [0.2, 0.25) is 0 Å². The second-order valence-electron chi connectivity index (χ2n) is 6.21. The Morgan fingerprint density at radius 2 is 2.23 bits per heavy atom. The first-order valence-electron chi connectivity index (χ1n) is 7.50. The van der Waals surface area contributed by atoms with Gasteiger partial charge in [0, 0.05) is 29.9 Å². The number of rotatable bonds is 8. The van der Waals surface area contributed by atoms with E-state index in [4.69, 9.17) is 9.84 Å². The van der Waals surface area contributed by atoms with E-state index in [0.29, 0.717) is 25.1 Å². The van der Waals surface area contributed by atoms with Crippen molar-refractivity contribution in [3.05, 3.63) is 23.8 Å². The molecule has 6 heteroatoms. The Hall–Kier alpha value is -1.63. The predicted octanol–water partition coefficient (Wildman–Crippen LogP) is 0.671. The van der Waals surface area contributed by atoms with Crippen molar-refractivity contribution >= 4 is 11.6 Å². The van der Waals surface area contributed by atoms with Gasteiger partial charge in [-0.25, -0.2) is 0 Å². The van der Waals surface area contributed by atoms with E-state index in [2.05, 4.69) is 10.6 Å². The summed E-state index contributed by atoms with van der Waals surface area (Å²) in [6, 6.07) is 5.45. The smallest absolute Gasteiger partial charge is 0.229 e. The fourth-order valence-electron chi connectivity index (χ4n) is 2.36. The van der Waals surface area contributed by atoms with E-state index >= 15 is 0 Å². The van der Waals surface area contributed by atoms with Crippen LogP contribution in [-0.2, 0) is 11.2 Å². The topological polar surface area (TPSA) is 90.8 Å². The summed E-state index contributed by atoms with van der Waals surface area (Å²) in [6.45, 7) is 4.56. The quantitative estimate of drug-likeness (QED) is 0.567. The number of carbonyl (C=O) groups is 1. The van der Waals surface area contributed by atoms with E-state index in [1.54, 1.807) is 6.07 Å². The predicted molar refractivity (Wildman–Crippen MR) is 84.1 cm³/mol. The fraction of sp³-hybridized carbons (Fsp3) is 0.562. The number of carbonyl (C=O) groups excluding carboxylic acids is 1. The maximum absolute atomic E-state index is 11.4. The van der Waals surface area contributed by atoms with Gasteiger partial charge in [-0.1, -0.05) is 6.07 Å². The second kappa shape index (κ2) is 7.09. The van der Waals surface area contributed by atoms with Gasteiger partial charge in [0.25, 0.3) is 0 Å². The van der Waals surface area contributed by atoms with E-state index in [0.717, 1.165) is 11.3 Å². The molecule has 1 aliphatic rings. The Morgan fingerprint density at radius 3 is 2.95 bits per heavy atom. The number of benzene rings is 1. The third-order valence-corrected chi connectivity index (χ3v) is 3.73. The van der Waals surface area contributed by atoms with Crippen molar-refractivity contribution in [2.24, 2.45) is 0 Å². The first kappa shape index (κ1) is 16.7. The van der Waals surface area contributed by atoms with E-state index in [1.807, 2.05) is 26.0 Å². The van der Waals surface area contributed by atoms with Crippen molar-refractivity contribution in [2.75, 3.05) is 25.1 Å². The summed E-state index contributed by atoms with van der Waals surface area (Å²) < 4.78 is 5.65.